The Kier molecular flexibility index (Phi) is 6.65. The van der Waals surface area contributed by atoms with Gasteiger partial charge in [0.05, 0.1) is 23.6 Å². The molecule has 2 heterocycles. The van der Waals surface area contributed by atoms with E-state index in [1.807, 2.05) is 23.7 Å². The molecule has 8 nitrogen and oxygen atoms in total. The highest BCUT2D eigenvalue weighted by molar-refractivity contribution is 6.10. The summed E-state index contributed by atoms with van der Waals surface area (Å²) in [5.74, 6) is 0.343. The number of alkyl halides is 3. The van der Waals surface area contributed by atoms with Crippen LogP contribution in [-0.2, 0) is 36.5 Å². The van der Waals surface area contributed by atoms with E-state index >= 15 is 0 Å². The number of methoxy groups -OCH3 is 1. The van der Waals surface area contributed by atoms with Gasteiger partial charge in [-0.3, -0.25) is 4.79 Å². The maximum Gasteiger partial charge on any atom is 0.416 e. The molecule has 0 saturated heterocycles. The minimum Gasteiger partial charge on any atom is -0.388 e. The van der Waals surface area contributed by atoms with Gasteiger partial charge in [0.15, 0.2) is 0 Å². The molecule has 0 spiro atoms. The molecule has 11 heteroatoms. The van der Waals surface area contributed by atoms with Crippen molar-refractivity contribution in [3.8, 4) is 0 Å². The van der Waals surface area contributed by atoms with E-state index in [-0.39, 0.29) is 35.9 Å². The van der Waals surface area contributed by atoms with Crippen molar-refractivity contribution < 1.29 is 22.7 Å². The van der Waals surface area contributed by atoms with Crippen molar-refractivity contribution in [3.63, 3.8) is 0 Å². The van der Waals surface area contributed by atoms with Crippen LogP contribution in [0.4, 0.5) is 24.5 Å². The summed E-state index contributed by atoms with van der Waals surface area (Å²) in [5, 5.41) is 15.0. The number of nitrogens with one attached hydrogen (secondary N) is 2. The van der Waals surface area contributed by atoms with Crippen molar-refractivity contribution in [2.75, 3.05) is 24.4 Å². The molecule has 41 heavy (non-hydrogen) atoms. The second-order valence-electron chi connectivity index (χ2n) is 12.0. The van der Waals surface area contributed by atoms with Gasteiger partial charge in [0.1, 0.15) is 12.2 Å². The van der Waals surface area contributed by atoms with Gasteiger partial charge in [0.2, 0.25) is 0 Å². The molecule has 1 aromatic heterocycles. The van der Waals surface area contributed by atoms with Crippen molar-refractivity contribution in [1.82, 2.24) is 20.1 Å². The third-order valence-electron chi connectivity index (χ3n) is 9.28. The Morgan fingerprint density at radius 3 is 2.49 bits per heavy atom. The molecule has 2 saturated carbocycles. The van der Waals surface area contributed by atoms with Gasteiger partial charge in [-0.2, -0.15) is 13.2 Å². The van der Waals surface area contributed by atoms with E-state index in [1.54, 1.807) is 32.6 Å². The summed E-state index contributed by atoms with van der Waals surface area (Å²) in [5.41, 5.74) is 1.46. The van der Waals surface area contributed by atoms with E-state index in [9.17, 15) is 18.0 Å². The predicted octanol–water partition coefficient (Wildman–Crippen LogP) is 5.16. The third-order valence-corrected chi connectivity index (χ3v) is 9.28. The van der Waals surface area contributed by atoms with E-state index in [4.69, 9.17) is 4.74 Å². The van der Waals surface area contributed by atoms with Crippen LogP contribution in [0, 0.1) is 0 Å². The Morgan fingerprint density at radius 2 is 1.90 bits per heavy atom. The topological polar surface area (TPSA) is 84.3 Å². The number of carbonyl (C=O) groups excluding carboxylic acids is 1. The Morgan fingerprint density at radius 1 is 1.15 bits per heavy atom. The van der Waals surface area contributed by atoms with Gasteiger partial charge >= 0.3 is 6.18 Å². The summed E-state index contributed by atoms with van der Waals surface area (Å²) in [6.45, 7) is 2.21. The molecule has 0 unspecified atom stereocenters. The smallest absolute Gasteiger partial charge is 0.388 e. The Balaban J connectivity index is 1.38. The first-order valence-corrected chi connectivity index (χ1v) is 14.0. The normalized spacial score (nSPS) is 23.2. The maximum absolute atomic E-state index is 14.3. The largest absolute Gasteiger partial charge is 0.416 e. The minimum atomic E-state index is -4.58. The average Bonchev–Trinajstić information content (AvgIpc) is 3.48. The lowest BCUT2D eigenvalue weighted by atomic mass is 9.61. The fraction of sp³-hybridized carbons (Fsp3) is 0.500. The van der Waals surface area contributed by atoms with Crippen molar-refractivity contribution in [3.05, 3.63) is 70.3 Å². The zero-order valence-electron chi connectivity index (χ0n) is 23.7. The van der Waals surface area contributed by atoms with Crippen molar-refractivity contribution in [1.29, 1.82) is 0 Å². The summed E-state index contributed by atoms with van der Waals surface area (Å²) < 4.78 is 50.4. The molecule has 2 fully saturated rings. The number of fused-ring (bicyclic) bond motifs is 1. The standard InChI is InChI=1S/C30H35F3N6O2/c1-28(6-5-7-28)35-15-18-8-23-24(25(9-18)30(31,32)33)16-39(26(23)40)21-11-19(10-20(12-21)34-2)29(13-22(14-29)41-4)27-37-36-17-38(27)3/h8-12,17,22,34-35H,5-7,13-16H2,1-4H3. The monoisotopic (exact) mass is 568 g/mol. The fourth-order valence-corrected chi connectivity index (χ4v) is 6.57. The van der Waals surface area contributed by atoms with E-state index in [1.165, 1.54) is 11.0 Å². The number of halogens is 3. The molecule has 1 aliphatic heterocycles. The molecular formula is C30H35F3N6O2. The maximum atomic E-state index is 14.3. The van der Waals surface area contributed by atoms with Crippen LogP contribution in [0.2, 0.25) is 0 Å². The lowest BCUT2D eigenvalue weighted by Gasteiger charge is -2.46. The number of aromatic nitrogens is 3. The van der Waals surface area contributed by atoms with Crippen molar-refractivity contribution in [2.45, 2.75) is 75.4 Å². The van der Waals surface area contributed by atoms with Crippen LogP contribution in [0.3, 0.4) is 0 Å². The molecule has 218 valence electrons. The fourth-order valence-electron chi connectivity index (χ4n) is 6.57. The van der Waals surface area contributed by atoms with E-state index in [0.717, 1.165) is 36.3 Å². The lowest BCUT2D eigenvalue weighted by Crippen LogP contribution is -2.48. The number of hydrogen-bond donors (Lipinski definition) is 2. The molecule has 3 aromatic rings. The number of aryl methyl sites for hydroxylation is 1. The van der Waals surface area contributed by atoms with Gasteiger partial charge in [-0.15, -0.1) is 10.2 Å². The number of anilines is 2. The Bertz CT molecular complexity index is 1490. The molecule has 6 rings (SSSR count). The SMILES string of the molecule is CNc1cc(N2Cc3c(cc(CNC4(C)CCC4)cc3C(F)(F)F)C2=O)cc(C2(c3nncn3C)CC(OC)C2)c1. The van der Waals surface area contributed by atoms with Crippen LogP contribution in [0.15, 0.2) is 36.7 Å². The molecule has 3 aliphatic rings. The van der Waals surface area contributed by atoms with Gasteiger partial charge in [-0.25, -0.2) is 0 Å². The summed E-state index contributed by atoms with van der Waals surface area (Å²) in [4.78, 5) is 15.2. The first-order chi connectivity index (χ1) is 19.5. The molecule has 2 aliphatic carbocycles. The zero-order chi connectivity index (χ0) is 29.2. The number of carbonyl (C=O) groups is 1. The molecule has 0 atom stereocenters. The van der Waals surface area contributed by atoms with Crippen molar-refractivity contribution in [2.24, 2.45) is 7.05 Å². The number of hydrogen-bond acceptors (Lipinski definition) is 6. The number of rotatable bonds is 8. The van der Waals surface area contributed by atoms with Crippen LogP contribution in [0.1, 0.15) is 77.5 Å². The second-order valence-corrected chi connectivity index (χ2v) is 12.0. The highest BCUT2D eigenvalue weighted by atomic mass is 19.4. The first kappa shape index (κ1) is 27.7. The molecule has 2 N–H and O–H groups in total. The van der Waals surface area contributed by atoms with Gasteiger partial charge in [0, 0.05) is 50.2 Å². The van der Waals surface area contributed by atoms with Crippen LogP contribution in [-0.4, -0.2) is 46.5 Å². The lowest BCUT2D eigenvalue weighted by molar-refractivity contribution is -0.138. The van der Waals surface area contributed by atoms with Gasteiger partial charge < -0.3 is 24.8 Å². The summed E-state index contributed by atoms with van der Waals surface area (Å²) in [6.07, 6.45) is 1.53. The van der Waals surface area contributed by atoms with Crippen LogP contribution in [0.5, 0.6) is 0 Å². The molecule has 0 bridgehead atoms. The number of benzene rings is 2. The molecule has 0 radical (unpaired) electrons. The summed E-state index contributed by atoms with van der Waals surface area (Å²) in [6, 6.07) is 8.53. The van der Waals surface area contributed by atoms with Crippen LogP contribution in [0.25, 0.3) is 0 Å². The molecular weight excluding hydrogens is 533 g/mol. The molecule has 1 amide bonds. The predicted molar refractivity (Wildman–Crippen MR) is 149 cm³/mol. The van der Waals surface area contributed by atoms with Gasteiger partial charge in [-0.1, -0.05) is 0 Å². The highest BCUT2D eigenvalue weighted by Gasteiger charge is 2.51. The quantitative estimate of drug-likeness (QED) is 0.391. The Hall–Kier alpha value is -3.44. The average molecular weight is 569 g/mol. The second kappa shape index (κ2) is 9.84. The van der Waals surface area contributed by atoms with Crippen LogP contribution >= 0.6 is 0 Å². The number of amides is 1. The number of nitrogens with zero attached hydrogens (tertiary/aromatic N) is 4. The van der Waals surface area contributed by atoms with E-state index < -0.39 is 23.1 Å². The van der Waals surface area contributed by atoms with Gasteiger partial charge in [-0.05, 0) is 86.1 Å². The van der Waals surface area contributed by atoms with Crippen LogP contribution < -0.4 is 15.5 Å². The van der Waals surface area contributed by atoms with E-state index in [0.29, 0.717) is 24.1 Å². The number of ether oxygens (including phenoxy) is 1. The summed E-state index contributed by atoms with van der Waals surface area (Å²) >= 11 is 0. The zero-order valence-corrected chi connectivity index (χ0v) is 23.7. The van der Waals surface area contributed by atoms with Crippen molar-refractivity contribution >= 4 is 17.3 Å². The Labute approximate surface area is 237 Å². The highest BCUT2D eigenvalue weighted by Crippen LogP contribution is 2.51. The first-order valence-electron chi connectivity index (χ1n) is 14.0. The van der Waals surface area contributed by atoms with E-state index in [2.05, 4.69) is 27.8 Å². The molecule has 2 aromatic carbocycles. The minimum absolute atomic E-state index is 0.0172. The summed E-state index contributed by atoms with van der Waals surface area (Å²) in [7, 11) is 5.34. The third kappa shape index (κ3) is 4.68. The van der Waals surface area contributed by atoms with Gasteiger partial charge in [0.25, 0.3) is 5.91 Å².